The largest absolute Gasteiger partial charge is 0.494 e. The van der Waals surface area contributed by atoms with Gasteiger partial charge in [-0.1, -0.05) is 12.1 Å². The van der Waals surface area contributed by atoms with Crippen molar-refractivity contribution in [2.45, 2.75) is 26.7 Å². The predicted molar refractivity (Wildman–Crippen MR) is 111 cm³/mol. The minimum atomic E-state index is -0.397. The fraction of sp³-hybridized carbons (Fsp3) is 0.391. The van der Waals surface area contributed by atoms with Crippen LogP contribution < -0.4 is 9.64 Å². The second kappa shape index (κ2) is 9.54. The van der Waals surface area contributed by atoms with Gasteiger partial charge in [-0.15, -0.1) is 0 Å². The lowest BCUT2D eigenvalue weighted by Crippen LogP contribution is -2.49. The zero-order valence-electron chi connectivity index (χ0n) is 17.0. The number of piperazine rings is 1. The molecule has 2 aromatic rings. The van der Waals surface area contributed by atoms with Gasteiger partial charge in [0.15, 0.2) is 5.78 Å². The summed E-state index contributed by atoms with van der Waals surface area (Å²) in [6.45, 7) is 6.20. The normalized spacial score (nSPS) is 14.0. The zero-order chi connectivity index (χ0) is 20.8. The molecule has 2 aromatic carbocycles. The van der Waals surface area contributed by atoms with Crippen molar-refractivity contribution in [1.29, 1.82) is 0 Å². The summed E-state index contributed by atoms with van der Waals surface area (Å²) >= 11 is 0. The van der Waals surface area contributed by atoms with Crippen molar-refractivity contribution >= 4 is 17.4 Å². The van der Waals surface area contributed by atoms with E-state index in [4.69, 9.17) is 4.74 Å². The molecule has 0 N–H and O–H groups in total. The van der Waals surface area contributed by atoms with Crippen LogP contribution in [-0.2, 0) is 4.79 Å². The molecule has 0 unspecified atom stereocenters. The highest BCUT2D eigenvalue weighted by Crippen LogP contribution is 2.22. The SMILES string of the molecule is CC(=O)c1ccc(N2CCN(C(=O)CCCOc3cccc(C)c3)CC2)c(F)c1. The van der Waals surface area contributed by atoms with Crippen molar-refractivity contribution < 1.29 is 18.7 Å². The molecule has 0 spiro atoms. The fourth-order valence-corrected chi connectivity index (χ4v) is 3.46. The van der Waals surface area contributed by atoms with E-state index in [0.29, 0.717) is 56.9 Å². The van der Waals surface area contributed by atoms with Crippen molar-refractivity contribution in [1.82, 2.24) is 4.90 Å². The molecule has 0 saturated carbocycles. The highest BCUT2D eigenvalue weighted by Gasteiger charge is 2.22. The maximum Gasteiger partial charge on any atom is 0.222 e. The molecule has 0 radical (unpaired) electrons. The molecule has 0 atom stereocenters. The van der Waals surface area contributed by atoms with Gasteiger partial charge in [0.25, 0.3) is 0 Å². The number of hydrogen-bond acceptors (Lipinski definition) is 4. The van der Waals surface area contributed by atoms with Crippen LogP contribution in [0.5, 0.6) is 5.75 Å². The minimum absolute atomic E-state index is 0.102. The Hall–Kier alpha value is -2.89. The Morgan fingerprint density at radius 3 is 2.48 bits per heavy atom. The number of halogens is 1. The first-order chi connectivity index (χ1) is 13.9. The molecule has 29 heavy (non-hydrogen) atoms. The second-order valence-corrected chi connectivity index (χ2v) is 7.36. The quantitative estimate of drug-likeness (QED) is 0.525. The van der Waals surface area contributed by atoms with Gasteiger partial charge in [0.2, 0.25) is 5.91 Å². The molecular formula is C23H27FN2O3. The van der Waals surface area contributed by atoms with Crippen LogP contribution in [0.3, 0.4) is 0 Å². The van der Waals surface area contributed by atoms with Crippen molar-refractivity contribution in [2.75, 3.05) is 37.7 Å². The molecule has 1 aliphatic heterocycles. The van der Waals surface area contributed by atoms with E-state index in [-0.39, 0.29) is 11.7 Å². The van der Waals surface area contributed by atoms with Crippen LogP contribution >= 0.6 is 0 Å². The van der Waals surface area contributed by atoms with Gasteiger partial charge in [-0.05, 0) is 56.2 Å². The predicted octanol–water partition coefficient (Wildman–Crippen LogP) is 3.84. The monoisotopic (exact) mass is 398 g/mol. The number of benzene rings is 2. The molecule has 5 nitrogen and oxygen atoms in total. The van der Waals surface area contributed by atoms with E-state index < -0.39 is 5.82 Å². The van der Waals surface area contributed by atoms with E-state index in [9.17, 15) is 14.0 Å². The Balaban J connectivity index is 1.43. The van der Waals surface area contributed by atoms with Crippen LogP contribution in [-0.4, -0.2) is 49.4 Å². The lowest BCUT2D eigenvalue weighted by Gasteiger charge is -2.36. The first kappa shape index (κ1) is 20.8. The van der Waals surface area contributed by atoms with Crippen LogP contribution in [0.2, 0.25) is 0 Å². The van der Waals surface area contributed by atoms with Crippen LogP contribution in [0.15, 0.2) is 42.5 Å². The Bertz CT molecular complexity index is 876. The number of ether oxygens (including phenoxy) is 1. The third kappa shape index (κ3) is 5.56. The summed E-state index contributed by atoms with van der Waals surface area (Å²) < 4.78 is 20.0. The second-order valence-electron chi connectivity index (χ2n) is 7.36. The molecule has 1 saturated heterocycles. The number of nitrogens with zero attached hydrogens (tertiary/aromatic N) is 2. The molecule has 0 aromatic heterocycles. The third-order valence-corrected chi connectivity index (χ3v) is 5.12. The van der Waals surface area contributed by atoms with E-state index in [2.05, 4.69) is 0 Å². The summed E-state index contributed by atoms with van der Waals surface area (Å²) in [5.41, 5.74) is 1.99. The average Bonchev–Trinajstić information content (AvgIpc) is 2.71. The fourth-order valence-electron chi connectivity index (χ4n) is 3.46. The molecule has 1 aliphatic rings. The zero-order valence-corrected chi connectivity index (χ0v) is 17.0. The lowest BCUT2D eigenvalue weighted by molar-refractivity contribution is -0.131. The van der Waals surface area contributed by atoms with E-state index in [0.717, 1.165) is 11.3 Å². The Kier molecular flexibility index (Phi) is 6.86. The van der Waals surface area contributed by atoms with E-state index in [1.54, 1.807) is 12.1 Å². The van der Waals surface area contributed by atoms with Crippen LogP contribution in [0, 0.1) is 12.7 Å². The molecule has 0 bridgehead atoms. The minimum Gasteiger partial charge on any atom is -0.494 e. The van der Waals surface area contributed by atoms with E-state index >= 15 is 0 Å². The molecule has 3 rings (SSSR count). The van der Waals surface area contributed by atoms with E-state index in [1.165, 1.54) is 13.0 Å². The van der Waals surface area contributed by atoms with E-state index in [1.807, 2.05) is 41.0 Å². The molecule has 1 fully saturated rings. The van der Waals surface area contributed by atoms with Crippen LogP contribution in [0.25, 0.3) is 0 Å². The summed E-state index contributed by atoms with van der Waals surface area (Å²) in [5.74, 6) is 0.372. The first-order valence-corrected chi connectivity index (χ1v) is 9.97. The van der Waals surface area contributed by atoms with Gasteiger partial charge < -0.3 is 14.5 Å². The molecular weight excluding hydrogens is 371 g/mol. The number of hydrogen-bond donors (Lipinski definition) is 0. The Labute approximate surface area is 171 Å². The summed E-state index contributed by atoms with van der Waals surface area (Å²) in [5, 5.41) is 0. The van der Waals surface area contributed by atoms with Gasteiger partial charge in [-0.25, -0.2) is 4.39 Å². The maximum absolute atomic E-state index is 14.3. The van der Waals surface area contributed by atoms with Gasteiger partial charge in [-0.2, -0.15) is 0 Å². The summed E-state index contributed by atoms with van der Waals surface area (Å²) in [6.07, 6.45) is 1.10. The first-order valence-electron chi connectivity index (χ1n) is 9.97. The Morgan fingerprint density at radius 1 is 1.07 bits per heavy atom. The number of Topliss-reactive ketones (excluding diaryl/α,β-unsaturated/α-hetero) is 1. The maximum atomic E-state index is 14.3. The number of amides is 1. The standard InChI is InChI=1S/C23H27FN2O3/c1-17-5-3-6-20(15-17)29-14-4-7-23(28)26-12-10-25(11-13-26)22-9-8-19(18(2)27)16-21(22)24/h3,5-6,8-9,15-16H,4,7,10-14H2,1-2H3. The summed E-state index contributed by atoms with van der Waals surface area (Å²) in [6, 6.07) is 12.4. The van der Waals surface area contributed by atoms with Crippen molar-refractivity contribution in [3.8, 4) is 5.75 Å². The van der Waals surface area contributed by atoms with Gasteiger partial charge in [-0.3, -0.25) is 9.59 Å². The van der Waals surface area contributed by atoms with Crippen molar-refractivity contribution in [3.63, 3.8) is 0 Å². The van der Waals surface area contributed by atoms with Gasteiger partial charge >= 0.3 is 0 Å². The molecule has 6 heteroatoms. The highest BCUT2D eigenvalue weighted by atomic mass is 19.1. The van der Waals surface area contributed by atoms with Gasteiger partial charge in [0.05, 0.1) is 12.3 Å². The number of aryl methyl sites for hydroxylation is 1. The molecule has 1 heterocycles. The molecule has 1 amide bonds. The number of carbonyl (C=O) groups excluding carboxylic acids is 2. The third-order valence-electron chi connectivity index (χ3n) is 5.12. The number of rotatable bonds is 7. The smallest absolute Gasteiger partial charge is 0.222 e. The number of ketones is 1. The van der Waals surface area contributed by atoms with Gasteiger partial charge in [0, 0.05) is 38.2 Å². The van der Waals surface area contributed by atoms with Crippen molar-refractivity contribution in [3.05, 3.63) is 59.4 Å². The Morgan fingerprint density at radius 2 is 1.83 bits per heavy atom. The van der Waals surface area contributed by atoms with Crippen LogP contribution in [0.4, 0.5) is 10.1 Å². The summed E-state index contributed by atoms with van der Waals surface area (Å²) in [4.78, 5) is 27.6. The molecule has 154 valence electrons. The van der Waals surface area contributed by atoms with Crippen molar-refractivity contribution in [2.24, 2.45) is 0 Å². The number of anilines is 1. The summed E-state index contributed by atoms with van der Waals surface area (Å²) in [7, 11) is 0. The topological polar surface area (TPSA) is 49.9 Å². The lowest BCUT2D eigenvalue weighted by atomic mass is 10.1. The van der Waals surface area contributed by atoms with Gasteiger partial charge in [0.1, 0.15) is 11.6 Å². The molecule has 0 aliphatic carbocycles. The average molecular weight is 398 g/mol. The highest BCUT2D eigenvalue weighted by molar-refractivity contribution is 5.94. The van der Waals surface area contributed by atoms with Crippen LogP contribution in [0.1, 0.15) is 35.7 Å². The number of carbonyl (C=O) groups is 2.